The molecule has 0 fully saturated rings. The fourth-order valence-corrected chi connectivity index (χ4v) is 4.77. The van der Waals surface area contributed by atoms with Crippen LogP contribution in [-0.2, 0) is 0 Å². The van der Waals surface area contributed by atoms with Crippen molar-refractivity contribution in [3.05, 3.63) is 114 Å². The lowest BCUT2D eigenvalue weighted by molar-refractivity contribution is -0.385. The van der Waals surface area contributed by atoms with E-state index in [-0.39, 0.29) is 33.6 Å². The first kappa shape index (κ1) is 27.2. The highest BCUT2D eigenvalue weighted by molar-refractivity contribution is 6.31. The number of benzene rings is 3. The Labute approximate surface area is 225 Å². The Kier molecular flexibility index (Phi) is 8.73. The fourth-order valence-electron chi connectivity index (χ4n) is 3.56. The van der Waals surface area contributed by atoms with E-state index in [2.05, 4.69) is 0 Å². The SMILES string of the molecule is N#Cc1ccc([C@H](Cl)[C@H](Cl)c2cccc([C@H](Cl)[C@@H](Cl)c3ccc(C#N)cc3[N+](=O)[O-])c2)c([N+](=O)[O-])c1. The molecule has 3 rings (SSSR count). The largest absolute Gasteiger partial charge is 0.275 e. The summed E-state index contributed by atoms with van der Waals surface area (Å²) in [6.45, 7) is 0. The van der Waals surface area contributed by atoms with Crippen molar-refractivity contribution in [1.29, 1.82) is 10.5 Å². The van der Waals surface area contributed by atoms with Crippen LogP contribution in [0.15, 0.2) is 60.7 Å². The zero-order valence-corrected chi connectivity index (χ0v) is 21.0. The molecule has 0 aromatic heterocycles. The third kappa shape index (κ3) is 5.70. The minimum atomic E-state index is -1.03. The molecule has 0 saturated heterocycles. The lowest BCUT2D eigenvalue weighted by Gasteiger charge is -2.21. The molecular weight excluding hydrogens is 550 g/mol. The van der Waals surface area contributed by atoms with E-state index in [9.17, 15) is 20.2 Å². The number of nitro groups is 2. The molecular formula is C24H14Cl4N4O4. The van der Waals surface area contributed by atoms with Crippen LogP contribution in [-0.4, -0.2) is 9.85 Å². The quantitative estimate of drug-likeness (QED) is 0.156. The van der Waals surface area contributed by atoms with Crippen molar-refractivity contribution in [1.82, 2.24) is 0 Å². The second-order valence-corrected chi connectivity index (χ2v) is 9.44. The molecule has 3 aromatic rings. The zero-order chi connectivity index (χ0) is 26.6. The molecule has 0 amide bonds. The third-order valence-electron chi connectivity index (χ3n) is 5.37. The van der Waals surface area contributed by atoms with Crippen molar-refractivity contribution in [3.8, 4) is 12.1 Å². The van der Waals surface area contributed by atoms with Gasteiger partial charge in [0.1, 0.15) is 0 Å². The van der Waals surface area contributed by atoms with Gasteiger partial charge in [0, 0.05) is 23.3 Å². The summed E-state index contributed by atoms with van der Waals surface area (Å²) in [4.78, 5) is 21.8. The number of alkyl halides is 4. The number of hydrogen-bond acceptors (Lipinski definition) is 6. The Morgan fingerprint density at radius 2 is 1.03 bits per heavy atom. The van der Waals surface area contributed by atoms with Crippen LogP contribution in [0.2, 0.25) is 0 Å². The Morgan fingerprint density at radius 1 is 0.639 bits per heavy atom. The van der Waals surface area contributed by atoms with E-state index in [4.69, 9.17) is 56.9 Å². The van der Waals surface area contributed by atoms with E-state index < -0.39 is 31.4 Å². The van der Waals surface area contributed by atoms with E-state index in [1.54, 1.807) is 24.3 Å². The molecule has 0 aliphatic carbocycles. The predicted octanol–water partition coefficient (Wildman–Crippen LogP) is 7.77. The van der Waals surface area contributed by atoms with Crippen LogP contribution in [0.3, 0.4) is 0 Å². The van der Waals surface area contributed by atoms with E-state index in [0.29, 0.717) is 11.1 Å². The maximum Gasteiger partial charge on any atom is 0.275 e. The van der Waals surface area contributed by atoms with E-state index in [1.807, 2.05) is 12.1 Å². The number of nitrogens with zero attached hydrogens (tertiary/aromatic N) is 4. The maximum absolute atomic E-state index is 11.5. The Balaban J connectivity index is 1.93. The second-order valence-electron chi connectivity index (χ2n) is 7.56. The minimum Gasteiger partial charge on any atom is -0.258 e. The summed E-state index contributed by atoms with van der Waals surface area (Å²) in [5.74, 6) is 0. The van der Waals surface area contributed by atoms with Crippen molar-refractivity contribution in [3.63, 3.8) is 0 Å². The van der Waals surface area contributed by atoms with Gasteiger partial charge in [0.05, 0.1) is 54.6 Å². The average molecular weight is 564 g/mol. The molecule has 0 aliphatic rings. The van der Waals surface area contributed by atoms with Crippen LogP contribution in [0, 0.1) is 42.9 Å². The average Bonchev–Trinajstić information content (AvgIpc) is 2.90. The van der Waals surface area contributed by atoms with Gasteiger partial charge in [-0.3, -0.25) is 20.2 Å². The molecule has 0 N–H and O–H groups in total. The monoisotopic (exact) mass is 562 g/mol. The molecule has 182 valence electrons. The van der Waals surface area contributed by atoms with Gasteiger partial charge in [-0.05, 0) is 35.4 Å². The van der Waals surface area contributed by atoms with Crippen molar-refractivity contribution in [2.45, 2.75) is 21.5 Å². The van der Waals surface area contributed by atoms with Gasteiger partial charge in [-0.25, -0.2) is 0 Å². The zero-order valence-electron chi connectivity index (χ0n) is 18.0. The van der Waals surface area contributed by atoms with Gasteiger partial charge in [0.15, 0.2) is 0 Å². The van der Waals surface area contributed by atoms with Crippen molar-refractivity contribution < 1.29 is 9.85 Å². The lowest BCUT2D eigenvalue weighted by Crippen LogP contribution is -2.07. The topological polar surface area (TPSA) is 134 Å². The minimum absolute atomic E-state index is 0.109. The van der Waals surface area contributed by atoms with Gasteiger partial charge in [-0.15, -0.1) is 46.4 Å². The molecule has 12 heteroatoms. The van der Waals surface area contributed by atoms with E-state index >= 15 is 0 Å². The smallest absolute Gasteiger partial charge is 0.258 e. The normalized spacial score (nSPS) is 14.1. The molecule has 36 heavy (non-hydrogen) atoms. The Hall–Kier alpha value is -3.40. The lowest BCUT2D eigenvalue weighted by atomic mass is 9.96. The first-order valence-electron chi connectivity index (χ1n) is 10.1. The maximum atomic E-state index is 11.5. The van der Waals surface area contributed by atoms with Crippen LogP contribution >= 0.6 is 46.4 Å². The molecule has 0 aliphatic heterocycles. The standard InChI is InChI=1S/C24H14Cl4N4O4/c25-21(23(27)17-6-4-13(11-29)8-19(17)31(33)34)15-2-1-3-16(10-15)22(26)24(28)18-7-5-14(12-30)9-20(18)32(35)36/h1-10,21-24H/t21-,22+,23-,24-/m0/s1. The van der Waals surface area contributed by atoms with Gasteiger partial charge in [0.25, 0.3) is 11.4 Å². The van der Waals surface area contributed by atoms with E-state index in [0.717, 1.165) is 12.1 Å². The van der Waals surface area contributed by atoms with Crippen LogP contribution in [0.25, 0.3) is 0 Å². The van der Waals surface area contributed by atoms with Crippen molar-refractivity contribution in [2.75, 3.05) is 0 Å². The molecule has 0 unspecified atom stereocenters. The third-order valence-corrected chi connectivity index (χ3v) is 7.61. The number of nitriles is 2. The molecule has 8 nitrogen and oxygen atoms in total. The summed E-state index contributed by atoms with van der Waals surface area (Å²) >= 11 is 26.3. The molecule has 3 aromatic carbocycles. The molecule has 0 spiro atoms. The first-order valence-corrected chi connectivity index (χ1v) is 11.9. The Bertz CT molecular complexity index is 1320. The number of halogens is 4. The van der Waals surface area contributed by atoms with Gasteiger partial charge < -0.3 is 0 Å². The van der Waals surface area contributed by atoms with Gasteiger partial charge in [-0.2, -0.15) is 10.5 Å². The number of nitro benzene ring substituents is 2. The van der Waals surface area contributed by atoms with E-state index in [1.165, 1.54) is 24.3 Å². The summed E-state index contributed by atoms with van der Waals surface area (Å²) < 4.78 is 0. The summed E-state index contributed by atoms with van der Waals surface area (Å²) in [7, 11) is 0. The van der Waals surface area contributed by atoms with Crippen LogP contribution in [0.1, 0.15) is 54.9 Å². The van der Waals surface area contributed by atoms with Crippen LogP contribution in [0.5, 0.6) is 0 Å². The number of hydrogen-bond donors (Lipinski definition) is 0. The first-order chi connectivity index (χ1) is 17.1. The van der Waals surface area contributed by atoms with Gasteiger partial charge in [-0.1, -0.05) is 24.3 Å². The molecule has 4 atom stereocenters. The predicted molar refractivity (Wildman–Crippen MR) is 136 cm³/mol. The highest BCUT2D eigenvalue weighted by Gasteiger charge is 2.31. The van der Waals surface area contributed by atoms with Gasteiger partial charge >= 0.3 is 0 Å². The summed E-state index contributed by atoms with van der Waals surface area (Å²) in [6, 6.07) is 18.1. The highest BCUT2D eigenvalue weighted by Crippen LogP contribution is 2.46. The summed E-state index contributed by atoms with van der Waals surface area (Å²) in [6.07, 6.45) is 0. The van der Waals surface area contributed by atoms with Gasteiger partial charge in [0.2, 0.25) is 0 Å². The molecule has 0 radical (unpaired) electrons. The molecule has 0 heterocycles. The van der Waals surface area contributed by atoms with Crippen molar-refractivity contribution in [2.24, 2.45) is 0 Å². The molecule has 0 saturated carbocycles. The van der Waals surface area contributed by atoms with Crippen LogP contribution in [0.4, 0.5) is 11.4 Å². The summed E-state index contributed by atoms with van der Waals surface area (Å²) in [5, 5.41) is 37.2. The van der Waals surface area contributed by atoms with Crippen LogP contribution < -0.4 is 0 Å². The highest BCUT2D eigenvalue weighted by atomic mass is 35.5. The summed E-state index contributed by atoms with van der Waals surface area (Å²) in [5.41, 5.74) is 0.789. The fraction of sp³-hybridized carbons (Fsp3) is 0.167. The molecule has 0 bridgehead atoms. The second kappa shape index (κ2) is 11.6. The number of rotatable bonds is 8. The Morgan fingerprint density at radius 3 is 1.36 bits per heavy atom. The van der Waals surface area contributed by atoms with Crippen molar-refractivity contribution >= 4 is 57.8 Å².